The van der Waals surface area contributed by atoms with Crippen molar-refractivity contribution in [3.05, 3.63) is 34.8 Å². The van der Waals surface area contributed by atoms with E-state index in [9.17, 15) is 13.2 Å². The number of nitrogen functional groups attached to an aromatic ring is 1. The van der Waals surface area contributed by atoms with Crippen LogP contribution >= 0.6 is 11.3 Å². The first-order chi connectivity index (χ1) is 8.56. The third-order valence-corrected chi connectivity index (χ3v) is 2.80. The average Bonchev–Trinajstić information content (AvgIpc) is 2.77. The molecule has 18 heavy (non-hydrogen) atoms. The fourth-order valence-corrected chi connectivity index (χ4v) is 1.94. The summed E-state index contributed by atoms with van der Waals surface area (Å²) < 4.78 is 41.5. The quantitative estimate of drug-likeness (QED) is 0.833. The van der Waals surface area contributed by atoms with E-state index in [2.05, 4.69) is 10.1 Å². The van der Waals surface area contributed by atoms with E-state index in [0.29, 0.717) is 5.69 Å². The van der Waals surface area contributed by atoms with Gasteiger partial charge in [0.2, 0.25) is 0 Å². The lowest BCUT2D eigenvalue weighted by atomic mass is 10.2. The van der Waals surface area contributed by atoms with Crippen LogP contribution in [0.1, 0.15) is 0 Å². The topological polar surface area (TPSA) is 47.3 Å². The first-order valence-corrected chi connectivity index (χ1v) is 5.83. The molecule has 0 saturated carbocycles. The van der Waals surface area contributed by atoms with E-state index in [4.69, 9.17) is 5.73 Å². The van der Waals surface area contributed by atoms with Gasteiger partial charge in [0.05, 0.1) is 11.4 Å². The summed E-state index contributed by atoms with van der Waals surface area (Å²) in [6.07, 6.45) is 0. The molecule has 0 saturated heterocycles. The van der Waals surface area contributed by atoms with Crippen LogP contribution in [0.5, 0.6) is 5.75 Å². The van der Waals surface area contributed by atoms with Crippen molar-refractivity contribution in [2.24, 2.45) is 0 Å². The minimum atomic E-state index is -3.09. The van der Waals surface area contributed by atoms with Gasteiger partial charge in [0.25, 0.3) is 0 Å². The number of nitrogens with one attached hydrogen (secondary N) is 1. The molecular formula is C11H9F3N2OS. The lowest BCUT2D eigenvalue weighted by Gasteiger charge is -2.11. The van der Waals surface area contributed by atoms with Gasteiger partial charge in [-0.2, -0.15) is 20.1 Å². The zero-order valence-corrected chi connectivity index (χ0v) is 9.81. The molecule has 0 aliphatic rings. The maximum absolute atomic E-state index is 13.3. The largest absolute Gasteiger partial charge is 0.432 e. The van der Waals surface area contributed by atoms with Crippen LogP contribution < -0.4 is 15.8 Å². The zero-order chi connectivity index (χ0) is 13.1. The summed E-state index contributed by atoms with van der Waals surface area (Å²) in [5.74, 6) is -1.47. The van der Waals surface area contributed by atoms with E-state index < -0.39 is 18.2 Å². The Hall–Kier alpha value is -1.89. The van der Waals surface area contributed by atoms with Crippen molar-refractivity contribution >= 4 is 28.4 Å². The second kappa shape index (κ2) is 5.18. The fourth-order valence-electron chi connectivity index (χ4n) is 1.35. The van der Waals surface area contributed by atoms with Crippen molar-refractivity contribution in [3.63, 3.8) is 0 Å². The number of hydrogen-bond acceptors (Lipinski definition) is 4. The Morgan fingerprint density at radius 1 is 1.33 bits per heavy atom. The van der Waals surface area contributed by atoms with Gasteiger partial charge in [-0.1, -0.05) is 0 Å². The summed E-state index contributed by atoms with van der Waals surface area (Å²) >= 11 is 1.45. The van der Waals surface area contributed by atoms with E-state index in [1.54, 1.807) is 11.4 Å². The third-order valence-electron chi connectivity index (χ3n) is 2.12. The van der Waals surface area contributed by atoms with Crippen LogP contribution in [-0.2, 0) is 0 Å². The Balaban J connectivity index is 2.29. The van der Waals surface area contributed by atoms with Gasteiger partial charge in [-0.15, -0.1) is 0 Å². The third kappa shape index (κ3) is 2.86. The average molecular weight is 274 g/mol. The number of benzene rings is 1. The van der Waals surface area contributed by atoms with Gasteiger partial charge in [0.1, 0.15) is 0 Å². The molecule has 1 aromatic carbocycles. The first-order valence-electron chi connectivity index (χ1n) is 4.89. The normalized spacial score (nSPS) is 10.7. The van der Waals surface area contributed by atoms with Crippen LogP contribution in [0.3, 0.4) is 0 Å². The molecule has 1 heterocycles. The Morgan fingerprint density at radius 2 is 2.11 bits per heavy atom. The van der Waals surface area contributed by atoms with Crippen molar-refractivity contribution < 1.29 is 17.9 Å². The maximum atomic E-state index is 13.3. The molecule has 3 N–H and O–H groups in total. The maximum Gasteiger partial charge on any atom is 0.387 e. The van der Waals surface area contributed by atoms with Crippen LogP contribution in [0.4, 0.5) is 30.2 Å². The molecular weight excluding hydrogens is 265 g/mol. The monoisotopic (exact) mass is 274 g/mol. The van der Waals surface area contributed by atoms with Crippen LogP contribution in [-0.4, -0.2) is 6.61 Å². The smallest absolute Gasteiger partial charge is 0.387 e. The molecule has 7 heteroatoms. The van der Waals surface area contributed by atoms with Crippen molar-refractivity contribution in [3.8, 4) is 5.75 Å². The molecule has 0 aliphatic heterocycles. The van der Waals surface area contributed by atoms with Gasteiger partial charge in [0.15, 0.2) is 11.6 Å². The molecule has 2 aromatic rings. The van der Waals surface area contributed by atoms with Crippen LogP contribution in [0.2, 0.25) is 0 Å². The molecule has 0 aliphatic carbocycles. The number of nitrogens with two attached hydrogens (primary N) is 1. The number of ether oxygens (including phenoxy) is 1. The molecule has 0 bridgehead atoms. The molecule has 0 spiro atoms. The lowest BCUT2D eigenvalue weighted by molar-refractivity contribution is -0.0521. The predicted octanol–water partition coefficient (Wildman–Crippen LogP) is 3.81. The number of halogens is 3. The highest BCUT2D eigenvalue weighted by molar-refractivity contribution is 7.08. The summed E-state index contributed by atoms with van der Waals surface area (Å²) in [6, 6.07) is 3.82. The van der Waals surface area contributed by atoms with E-state index in [1.165, 1.54) is 11.3 Å². The molecule has 3 nitrogen and oxygen atoms in total. The van der Waals surface area contributed by atoms with Gasteiger partial charge in [-0.05, 0) is 11.4 Å². The highest BCUT2D eigenvalue weighted by atomic mass is 32.1. The van der Waals surface area contributed by atoms with Crippen LogP contribution in [0.25, 0.3) is 0 Å². The number of anilines is 3. The van der Waals surface area contributed by atoms with Crippen molar-refractivity contribution in [2.75, 3.05) is 11.1 Å². The SMILES string of the molecule is Nc1cc(F)c(OC(F)F)cc1Nc1ccsc1. The molecule has 0 radical (unpaired) electrons. The van der Waals surface area contributed by atoms with E-state index in [1.807, 2.05) is 5.38 Å². The Morgan fingerprint density at radius 3 is 2.72 bits per heavy atom. The van der Waals surface area contributed by atoms with Gasteiger partial charge in [-0.25, -0.2) is 4.39 Å². The summed E-state index contributed by atoms with van der Waals surface area (Å²) in [7, 11) is 0. The Kier molecular flexibility index (Phi) is 3.61. The van der Waals surface area contributed by atoms with Crippen molar-refractivity contribution in [2.45, 2.75) is 6.61 Å². The summed E-state index contributed by atoms with van der Waals surface area (Å²) in [6.45, 7) is -3.09. The van der Waals surface area contributed by atoms with Crippen molar-refractivity contribution in [1.82, 2.24) is 0 Å². The minimum absolute atomic E-state index is 0.111. The van der Waals surface area contributed by atoms with E-state index in [0.717, 1.165) is 17.8 Å². The van der Waals surface area contributed by atoms with E-state index >= 15 is 0 Å². The van der Waals surface area contributed by atoms with Crippen LogP contribution in [0, 0.1) is 5.82 Å². The summed E-state index contributed by atoms with van der Waals surface area (Å²) in [4.78, 5) is 0. The Labute approximate surface area is 105 Å². The fraction of sp³-hybridized carbons (Fsp3) is 0.0909. The van der Waals surface area contributed by atoms with Crippen LogP contribution in [0.15, 0.2) is 29.0 Å². The first kappa shape index (κ1) is 12.6. The van der Waals surface area contributed by atoms with Gasteiger partial charge >= 0.3 is 6.61 Å². The molecule has 0 atom stereocenters. The second-order valence-corrected chi connectivity index (χ2v) is 4.17. The summed E-state index contributed by atoms with van der Waals surface area (Å²) in [5, 5.41) is 6.52. The van der Waals surface area contributed by atoms with Gasteiger partial charge in [0, 0.05) is 23.2 Å². The highest BCUT2D eigenvalue weighted by Gasteiger charge is 2.13. The standard InChI is InChI=1S/C11H9F3N2OS/c12-7-3-8(15)9(4-10(7)17-11(13)14)16-6-1-2-18-5-6/h1-5,11,16H,15H2. The molecule has 0 fully saturated rings. The lowest BCUT2D eigenvalue weighted by Crippen LogP contribution is -2.05. The molecule has 96 valence electrons. The zero-order valence-electron chi connectivity index (χ0n) is 8.99. The molecule has 0 unspecified atom stereocenters. The van der Waals surface area contributed by atoms with E-state index in [-0.39, 0.29) is 5.69 Å². The summed E-state index contributed by atoms with van der Waals surface area (Å²) in [5.41, 5.74) is 6.75. The Bertz CT molecular complexity index is 531. The predicted molar refractivity (Wildman–Crippen MR) is 65.0 cm³/mol. The van der Waals surface area contributed by atoms with Crippen molar-refractivity contribution in [1.29, 1.82) is 0 Å². The van der Waals surface area contributed by atoms with Gasteiger partial charge < -0.3 is 15.8 Å². The minimum Gasteiger partial charge on any atom is -0.432 e. The number of alkyl halides is 2. The molecule has 1 aromatic heterocycles. The second-order valence-electron chi connectivity index (χ2n) is 3.39. The highest BCUT2D eigenvalue weighted by Crippen LogP contribution is 2.31. The number of rotatable bonds is 4. The van der Waals surface area contributed by atoms with Gasteiger partial charge in [-0.3, -0.25) is 0 Å². The number of thiophene rings is 1. The molecule has 2 rings (SSSR count). The number of hydrogen-bond donors (Lipinski definition) is 2. The molecule has 0 amide bonds.